The summed E-state index contributed by atoms with van der Waals surface area (Å²) in [5, 5.41) is 0. The van der Waals surface area contributed by atoms with Crippen LogP contribution < -0.4 is 67.9 Å². The van der Waals surface area contributed by atoms with Gasteiger partial charge in [0, 0.05) is 0 Å². The van der Waals surface area contributed by atoms with Crippen LogP contribution in [0, 0.1) is 0 Å². The minimum absolute atomic E-state index is 0. The first-order valence-electron chi connectivity index (χ1n) is 1.63. The maximum Gasteiger partial charge on any atom is 4.00 e. The van der Waals surface area contributed by atoms with Crippen molar-refractivity contribution in [3.63, 3.8) is 0 Å². The predicted octanol–water partition coefficient (Wildman–Crippen LogP) is -14.0. The van der Waals surface area contributed by atoms with Crippen LogP contribution in [0.1, 0.15) is 0 Å². The fourth-order valence-corrected chi connectivity index (χ4v) is 0. The fraction of sp³-hybridized carbons (Fsp3) is 0. The zero-order chi connectivity index (χ0) is 9.00. The number of rotatable bonds is 0. The van der Waals surface area contributed by atoms with E-state index in [1.165, 1.54) is 0 Å². The molecule has 0 saturated carbocycles. The Morgan fingerprint density at radius 1 is 0.538 bits per heavy atom. The molecular weight excluding hydrogens is 329 g/mol. The second-order valence-electron chi connectivity index (χ2n) is 1.00. The molecule has 0 aromatic heterocycles. The van der Waals surface area contributed by atoms with Gasteiger partial charge in [0.15, 0.2) is 0 Å². The Morgan fingerprint density at radius 3 is 0.538 bits per heavy atom. The van der Waals surface area contributed by atoms with E-state index < -0.39 is 18.1 Å². The topological polar surface area (TPSA) is 184 Å². The van der Waals surface area contributed by atoms with Crippen molar-refractivity contribution in [2.24, 2.45) is 0 Å². The van der Waals surface area contributed by atoms with Crippen molar-refractivity contribution in [3.05, 3.63) is 0 Å². The van der Waals surface area contributed by atoms with Crippen molar-refractivity contribution in [1.82, 2.24) is 0 Å². The van der Waals surface area contributed by atoms with E-state index in [1.54, 1.807) is 0 Å². The van der Waals surface area contributed by atoms with Crippen molar-refractivity contribution in [1.29, 1.82) is 0 Å². The molecule has 0 bridgehead atoms. The molecule has 0 aromatic rings. The molecule has 0 heterocycles. The molecular formula is H6NaO8PSi2Zr. The van der Waals surface area contributed by atoms with Gasteiger partial charge in [0.25, 0.3) is 0 Å². The first-order valence-corrected chi connectivity index (χ1v) is 4.90. The van der Waals surface area contributed by atoms with Crippen LogP contribution in [0.2, 0.25) is 0 Å². The molecule has 0 radical (unpaired) electrons. The van der Waals surface area contributed by atoms with Crippen molar-refractivity contribution in [2.45, 2.75) is 0 Å². The summed E-state index contributed by atoms with van der Waals surface area (Å²) in [5.41, 5.74) is 0. The van der Waals surface area contributed by atoms with Crippen LogP contribution in [0.4, 0.5) is 0 Å². The van der Waals surface area contributed by atoms with E-state index in [-0.39, 0.29) is 65.7 Å². The van der Waals surface area contributed by atoms with Gasteiger partial charge in [0.05, 0.1) is 0 Å². The van der Waals surface area contributed by atoms with Gasteiger partial charge in [-0.2, -0.15) is 0 Å². The van der Waals surface area contributed by atoms with Crippen molar-refractivity contribution < 1.29 is 94.1 Å². The van der Waals surface area contributed by atoms with E-state index in [0.29, 0.717) is 0 Å². The van der Waals surface area contributed by atoms with Gasteiger partial charge in [-0.05, 0) is 0 Å². The molecule has 0 aromatic carbocycles. The predicted molar refractivity (Wildman–Crippen MR) is 26.8 cm³/mol. The Hall–Kier alpha value is 2.43. The van der Waals surface area contributed by atoms with Crippen LogP contribution in [0.25, 0.3) is 0 Å². The zero-order valence-electron chi connectivity index (χ0n) is 5.77. The zero-order valence-corrected chi connectivity index (χ0v) is 12.2. The molecule has 0 aliphatic heterocycles. The smallest absolute Gasteiger partial charge is 0.894 e. The second kappa shape index (κ2) is 12.5. The molecule has 13 heavy (non-hydrogen) atoms. The molecule has 0 aliphatic carbocycles. The van der Waals surface area contributed by atoms with Gasteiger partial charge < -0.3 is 56.5 Å². The normalized spacial score (nSPS) is 9.23. The van der Waals surface area contributed by atoms with Gasteiger partial charge in [-0.1, -0.05) is 0 Å². The Kier molecular flexibility index (Phi) is 28.4. The minimum Gasteiger partial charge on any atom is -0.894 e. The summed E-state index contributed by atoms with van der Waals surface area (Å²) in [6, 6.07) is 0. The van der Waals surface area contributed by atoms with Gasteiger partial charge in [0.2, 0.25) is 0 Å². The molecule has 0 unspecified atom stereocenters. The van der Waals surface area contributed by atoms with Gasteiger partial charge in [0.1, 0.15) is 0 Å². The summed E-state index contributed by atoms with van der Waals surface area (Å²) in [6.07, 6.45) is 0. The van der Waals surface area contributed by atoms with Crippen LogP contribution in [-0.2, 0) is 26.2 Å². The first kappa shape index (κ1) is 29.5. The summed E-state index contributed by atoms with van der Waals surface area (Å²) in [4.78, 5) is 68.6. The summed E-state index contributed by atoms with van der Waals surface area (Å²) >= 11 is 0. The Labute approximate surface area is 121 Å². The Morgan fingerprint density at radius 2 is 0.538 bits per heavy atom. The molecule has 0 amide bonds. The molecule has 0 atom stereocenters. The number of hydrogen-bond acceptors (Lipinski definition) is 8. The van der Waals surface area contributed by atoms with Gasteiger partial charge in [-0.25, -0.2) is 0 Å². The van der Waals surface area contributed by atoms with Crippen molar-refractivity contribution >= 4 is 28.0 Å². The van der Waals surface area contributed by atoms with E-state index in [2.05, 4.69) is 0 Å². The molecule has 13 heteroatoms. The third-order valence-corrected chi connectivity index (χ3v) is 0. The molecule has 0 spiro atoms. The van der Waals surface area contributed by atoms with E-state index in [0.717, 1.165) is 0 Å². The summed E-state index contributed by atoms with van der Waals surface area (Å²) in [5.74, 6) is 0. The van der Waals surface area contributed by atoms with Crippen LogP contribution in [0.3, 0.4) is 0 Å². The summed E-state index contributed by atoms with van der Waals surface area (Å²) in [7, 11) is -11.2. The molecule has 8 nitrogen and oxygen atoms in total. The quantitative estimate of drug-likeness (QED) is 0.308. The maximum absolute atomic E-state index is 8.58. The van der Waals surface area contributed by atoms with Gasteiger partial charge >= 0.3 is 55.8 Å². The third kappa shape index (κ3) is 378. The molecule has 0 aliphatic rings. The fourth-order valence-electron chi connectivity index (χ4n) is 0. The molecule has 0 fully saturated rings. The minimum atomic E-state index is -5.61. The Balaban J connectivity index is -0.0000000267. The second-order valence-corrected chi connectivity index (χ2v) is 3.00. The van der Waals surface area contributed by atoms with Crippen LogP contribution in [-0.4, -0.2) is 18.1 Å². The Bertz CT molecular complexity index is 65.1. The average Bonchev–Trinajstić information content (AvgIpc) is 1.12. The van der Waals surface area contributed by atoms with Crippen LogP contribution in [0.5, 0.6) is 0 Å². The largest absolute Gasteiger partial charge is 4.00 e. The SMILES string of the molecule is [Na+].[O-][Si]([O-])([O-])[O-].[O-][Si]([O-])([O-])[O-].[PH6+3].[Zr+4]. The van der Waals surface area contributed by atoms with E-state index in [9.17, 15) is 0 Å². The van der Waals surface area contributed by atoms with Crippen molar-refractivity contribution in [3.8, 4) is 0 Å². The van der Waals surface area contributed by atoms with Gasteiger partial charge in [-0.3, -0.25) is 9.90 Å². The van der Waals surface area contributed by atoms with E-state index in [1.807, 2.05) is 0 Å². The van der Waals surface area contributed by atoms with E-state index in [4.69, 9.17) is 38.4 Å². The monoisotopic (exact) mass is 334 g/mol. The van der Waals surface area contributed by atoms with Gasteiger partial charge in [-0.15, -0.1) is 0 Å². The average molecular weight is 335 g/mol. The first-order chi connectivity index (χ1) is 4.00. The number of hydrogen-bond donors (Lipinski definition) is 0. The molecule has 0 rings (SSSR count). The van der Waals surface area contributed by atoms with Crippen LogP contribution >= 0.6 is 9.90 Å². The third-order valence-electron chi connectivity index (χ3n) is 0. The molecule has 72 valence electrons. The molecule has 0 saturated heterocycles. The molecule has 0 N–H and O–H groups in total. The van der Waals surface area contributed by atoms with Crippen LogP contribution in [0.15, 0.2) is 0 Å². The summed E-state index contributed by atoms with van der Waals surface area (Å²) in [6.45, 7) is 0. The van der Waals surface area contributed by atoms with E-state index >= 15 is 0 Å². The standard InChI is InChI=1S/Na.2O4Si.H6P.Zr/c;2*1-5(2,3)4;;/h;;;1H6;/q+1;2*-4;+3;+4. The van der Waals surface area contributed by atoms with Crippen molar-refractivity contribution in [2.75, 3.05) is 0 Å². The summed E-state index contributed by atoms with van der Waals surface area (Å²) < 4.78 is 0. The maximum atomic E-state index is 8.58.